The Morgan fingerprint density at radius 3 is 0.621 bits per heavy atom. The van der Waals surface area contributed by atoms with Gasteiger partial charge in [0.2, 0.25) is 0 Å². The van der Waals surface area contributed by atoms with Crippen LogP contribution >= 0.6 is 0 Å². The van der Waals surface area contributed by atoms with Crippen molar-refractivity contribution in [3.05, 3.63) is 226 Å². The van der Waals surface area contributed by atoms with Crippen LogP contribution in [0.1, 0.15) is 22.3 Å². The summed E-state index contributed by atoms with van der Waals surface area (Å²) < 4.78 is 4.01. The highest BCUT2D eigenvalue weighted by Crippen LogP contribution is 2.23. The van der Waals surface area contributed by atoms with E-state index in [1.165, 1.54) is 24.3 Å². The van der Waals surface area contributed by atoms with E-state index in [2.05, 4.69) is 0 Å². The fourth-order valence-electron chi connectivity index (χ4n) is 8.57. The highest BCUT2D eigenvalue weighted by Gasteiger charge is 2.25. The maximum absolute atomic E-state index is 13.9. The Morgan fingerprint density at radius 2 is 0.431 bits per heavy atom. The normalized spacial score (nSPS) is 12.6. The predicted octanol–water partition coefficient (Wildman–Crippen LogP) is 3.59. The van der Waals surface area contributed by atoms with Crippen LogP contribution in [0.4, 0.5) is 0 Å². The third-order valence-corrected chi connectivity index (χ3v) is 11.4. The minimum Gasteiger partial charge on any atom is -0.268 e. The number of aromatic nitrogens is 4. The average Bonchev–Trinajstić information content (AvgIpc) is 3.84. The largest absolute Gasteiger partial charge is 0.268 e. The van der Waals surface area contributed by atoms with Crippen LogP contribution in [0.15, 0.2) is 160 Å². The maximum atomic E-state index is 13.9. The van der Waals surface area contributed by atoms with Gasteiger partial charge in [0.05, 0.1) is 65.8 Å². The third kappa shape index (κ3) is 4.44. The average molecular weight is 761 g/mol. The van der Waals surface area contributed by atoms with Crippen molar-refractivity contribution in [2.75, 3.05) is 0 Å². The lowest BCUT2D eigenvalue weighted by Crippen LogP contribution is -2.24. The number of hydrogen-bond donors (Lipinski definition) is 0. The zero-order valence-electron chi connectivity index (χ0n) is 30.0. The van der Waals surface area contributed by atoms with E-state index in [9.17, 15) is 38.4 Å². The van der Waals surface area contributed by atoms with Crippen LogP contribution in [0.25, 0.3) is 65.8 Å². The summed E-state index contributed by atoms with van der Waals surface area (Å²) in [6.45, 7) is 0. The molecule has 16 bridgehead atoms. The van der Waals surface area contributed by atoms with Gasteiger partial charge in [0, 0.05) is 0 Å². The van der Waals surface area contributed by atoms with Crippen LogP contribution in [0.5, 0.6) is 0 Å². The zero-order valence-corrected chi connectivity index (χ0v) is 30.0. The van der Waals surface area contributed by atoms with Crippen LogP contribution in [0.2, 0.25) is 0 Å². The van der Waals surface area contributed by atoms with Crippen LogP contribution in [0, 0.1) is 0 Å². The lowest BCUT2D eigenvalue weighted by Gasteiger charge is -2.06. The lowest BCUT2D eigenvalue weighted by molar-refractivity contribution is 0.980. The minimum atomic E-state index is -0.701. The van der Waals surface area contributed by atoms with Crippen molar-refractivity contribution in [3.8, 4) is 22.7 Å². The van der Waals surface area contributed by atoms with Crippen molar-refractivity contribution in [2.24, 2.45) is 0 Å². The van der Waals surface area contributed by atoms with Crippen molar-refractivity contribution in [3.63, 3.8) is 0 Å². The number of benzene rings is 6. The van der Waals surface area contributed by atoms with Crippen LogP contribution in [-0.4, -0.2) is 18.3 Å². The Balaban J connectivity index is 1.11. The van der Waals surface area contributed by atoms with Gasteiger partial charge in [-0.25, -0.2) is 18.3 Å². The van der Waals surface area contributed by atoms with Gasteiger partial charge in [0.15, 0.2) is 0 Å². The molecule has 0 spiro atoms. The molecule has 0 aliphatic carbocycles. The Bertz CT molecular complexity index is 3360. The van der Waals surface area contributed by atoms with Gasteiger partial charge < -0.3 is 0 Å². The first-order valence-corrected chi connectivity index (χ1v) is 18.3. The van der Waals surface area contributed by atoms with Gasteiger partial charge in [-0.3, -0.25) is 38.4 Å². The van der Waals surface area contributed by atoms with Crippen molar-refractivity contribution >= 4 is 43.1 Å². The first-order chi connectivity index (χ1) is 28.1. The molecule has 17 rings (SSSR count). The fourth-order valence-corrected chi connectivity index (χ4v) is 8.57. The van der Waals surface area contributed by atoms with Crippen LogP contribution in [-0.2, 0) is 12.8 Å². The highest BCUT2D eigenvalue weighted by atomic mass is 16.2. The molecule has 0 atom stereocenters. The second kappa shape index (κ2) is 11.7. The lowest BCUT2D eigenvalue weighted by atomic mass is 10.0. The van der Waals surface area contributed by atoms with Crippen LogP contribution < -0.4 is 44.5 Å². The van der Waals surface area contributed by atoms with Crippen molar-refractivity contribution in [2.45, 2.75) is 12.8 Å². The van der Waals surface area contributed by atoms with E-state index in [0.717, 1.165) is 40.5 Å². The molecule has 12 nitrogen and oxygen atoms in total. The molecule has 0 radical (unpaired) electrons. The fraction of sp³-hybridized carbons (Fsp3) is 0.0435. The van der Waals surface area contributed by atoms with Crippen molar-refractivity contribution in [1.82, 2.24) is 18.3 Å². The predicted molar refractivity (Wildman–Crippen MR) is 221 cm³/mol. The minimum absolute atomic E-state index is 0.0326. The summed E-state index contributed by atoms with van der Waals surface area (Å²) in [6, 6.07) is 32.8. The molecule has 0 fully saturated rings. The Hall–Kier alpha value is -8.12. The Labute approximate surface area is 322 Å². The number of nitrogens with zero attached hydrogens (tertiary/aromatic N) is 4. The molecular formula is C46H24N4O8. The molecule has 0 N–H and O–H groups in total. The molecule has 0 unspecified atom stereocenters. The standard InChI is InChI=1S/C46H24N4O8/c51-39-31-17-18-32-36-35(31)43(55)47(39)27-9-1-23(2-10-27)21-24-3-11-28(12-4-24)48-41(53)33-19-20-34-38(37(33)45(48)57)46(58)50(42(34)54)30-15-7-26(8-16-30)22-25-5-13-29(14-6-25)49(40(32)52)44(36)56/h1-20H,21-22H2. The Kier molecular flexibility index (Phi) is 6.70. The second-order valence-corrected chi connectivity index (χ2v) is 14.6. The molecule has 7 aliphatic rings. The Morgan fingerprint density at radius 1 is 0.241 bits per heavy atom. The summed E-state index contributed by atoms with van der Waals surface area (Å²) in [5, 5.41) is -0.317. The summed E-state index contributed by atoms with van der Waals surface area (Å²) in [7, 11) is 0. The van der Waals surface area contributed by atoms with E-state index >= 15 is 0 Å². The van der Waals surface area contributed by atoms with Gasteiger partial charge in [-0.1, -0.05) is 48.5 Å². The SMILES string of the molecule is O=c1c2ccc3c(=O)n4c(=O)c3c2c(=O)n1-c1ccc(cc1)Cc1ccc(cc1)-n1c(=O)c2ccc3c(=O)n(c(=O)c3c2c1=O)-c1ccc(cc1)Cc1ccc-4cc1. The quantitative estimate of drug-likeness (QED) is 0.227. The number of rotatable bonds is 0. The monoisotopic (exact) mass is 760 g/mol. The van der Waals surface area contributed by atoms with E-state index in [4.69, 9.17) is 0 Å². The molecule has 0 saturated heterocycles. The third-order valence-electron chi connectivity index (χ3n) is 11.4. The zero-order chi connectivity index (χ0) is 39.7. The molecule has 0 amide bonds. The van der Waals surface area contributed by atoms with Gasteiger partial charge in [-0.2, -0.15) is 0 Å². The molecule has 0 saturated carbocycles. The summed E-state index contributed by atoms with van der Waals surface area (Å²) in [4.78, 5) is 110. The summed E-state index contributed by atoms with van der Waals surface area (Å²) in [5.41, 5.74) is -0.761. The highest BCUT2D eigenvalue weighted by molar-refractivity contribution is 6.08. The van der Waals surface area contributed by atoms with Gasteiger partial charge >= 0.3 is 0 Å². The first kappa shape index (κ1) is 33.2. The van der Waals surface area contributed by atoms with Crippen molar-refractivity contribution < 1.29 is 0 Å². The molecule has 4 aromatic heterocycles. The van der Waals surface area contributed by atoms with Crippen LogP contribution in [0.3, 0.4) is 0 Å². The molecule has 58 heavy (non-hydrogen) atoms. The van der Waals surface area contributed by atoms with E-state index in [1.807, 2.05) is 0 Å². The van der Waals surface area contributed by atoms with Gasteiger partial charge in [0.25, 0.3) is 44.5 Å². The summed E-state index contributed by atoms with van der Waals surface area (Å²) >= 11 is 0. The molecule has 276 valence electrons. The molecule has 10 aromatic rings. The molecule has 6 aromatic carbocycles. The topological polar surface area (TPSA) is 156 Å². The summed E-state index contributed by atoms with van der Waals surface area (Å²) in [5.74, 6) is 0. The molecule has 11 heterocycles. The van der Waals surface area contributed by atoms with E-state index in [-0.39, 0.29) is 65.8 Å². The van der Waals surface area contributed by atoms with Crippen molar-refractivity contribution in [1.29, 1.82) is 0 Å². The molecular weight excluding hydrogens is 737 g/mol. The summed E-state index contributed by atoms with van der Waals surface area (Å²) in [6.07, 6.45) is 0.847. The number of hydrogen-bond acceptors (Lipinski definition) is 8. The first-order valence-electron chi connectivity index (χ1n) is 18.3. The van der Waals surface area contributed by atoms with Gasteiger partial charge in [-0.15, -0.1) is 0 Å². The van der Waals surface area contributed by atoms with E-state index < -0.39 is 44.5 Å². The second-order valence-electron chi connectivity index (χ2n) is 14.6. The van der Waals surface area contributed by atoms with E-state index in [1.54, 1.807) is 97.1 Å². The van der Waals surface area contributed by atoms with Gasteiger partial charge in [-0.05, 0) is 108 Å². The van der Waals surface area contributed by atoms with Gasteiger partial charge in [0.1, 0.15) is 0 Å². The smallest absolute Gasteiger partial charge is 0.266 e. The van der Waals surface area contributed by atoms with E-state index in [0.29, 0.717) is 12.8 Å². The molecule has 12 heteroatoms. The molecule has 7 aliphatic heterocycles. The maximum Gasteiger partial charge on any atom is 0.266 e.